The van der Waals surface area contributed by atoms with Crippen molar-refractivity contribution in [2.75, 3.05) is 7.11 Å². The van der Waals surface area contributed by atoms with E-state index in [9.17, 15) is 14.7 Å². The van der Waals surface area contributed by atoms with E-state index in [0.29, 0.717) is 5.56 Å². The second-order valence-electron chi connectivity index (χ2n) is 3.16. The molecule has 0 atom stereocenters. The van der Waals surface area contributed by atoms with Gasteiger partial charge in [-0.05, 0) is 17.7 Å². The van der Waals surface area contributed by atoms with Gasteiger partial charge in [-0.2, -0.15) is 0 Å². The van der Waals surface area contributed by atoms with Crippen molar-refractivity contribution in [2.45, 2.75) is 6.42 Å². The second kappa shape index (κ2) is 5.56. The first-order chi connectivity index (χ1) is 8.02. The Labute approximate surface area is 97.6 Å². The lowest BCUT2D eigenvalue weighted by Crippen LogP contribution is -2.00. The normalized spacial score (nSPS) is 9.00. The molecular formula is C12H10O5. The van der Waals surface area contributed by atoms with Crippen LogP contribution >= 0.6 is 0 Å². The fourth-order valence-electron chi connectivity index (χ4n) is 1.14. The maximum Gasteiger partial charge on any atom is 0.384 e. The number of aliphatic carboxylic acids is 1. The molecule has 1 rings (SSSR count). The summed E-state index contributed by atoms with van der Waals surface area (Å²) in [6.45, 7) is 0. The van der Waals surface area contributed by atoms with Gasteiger partial charge in [-0.15, -0.1) is 0 Å². The van der Waals surface area contributed by atoms with Crippen LogP contribution in [0, 0.1) is 11.8 Å². The van der Waals surface area contributed by atoms with Gasteiger partial charge in [-0.25, -0.2) is 4.79 Å². The molecule has 0 saturated heterocycles. The van der Waals surface area contributed by atoms with Gasteiger partial charge >= 0.3 is 11.9 Å². The number of carboxylic acid groups (broad SMARTS) is 1. The Hall–Kier alpha value is -2.48. The van der Waals surface area contributed by atoms with Crippen molar-refractivity contribution in [3.63, 3.8) is 0 Å². The highest BCUT2D eigenvalue weighted by Gasteiger charge is 2.04. The summed E-state index contributed by atoms with van der Waals surface area (Å²) in [7, 11) is 1.19. The molecule has 88 valence electrons. The van der Waals surface area contributed by atoms with E-state index in [4.69, 9.17) is 5.11 Å². The number of carbonyl (C=O) groups excluding carboxylic acids is 1. The van der Waals surface area contributed by atoms with Crippen LogP contribution in [0.3, 0.4) is 0 Å². The zero-order valence-electron chi connectivity index (χ0n) is 9.06. The first-order valence-electron chi connectivity index (χ1n) is 4.66. The van der Waals surface area contributed by atoms with Crippen LogP contribution in [0.2, 0.25) is 0 Å². The van der Waals surface area contributed by atoms with Crippen LogP contribution in [0.25, 0.3) is 0 Å². The van der Waals surface area contributed by atoms with Gasteiger partial charge in [0.2, 0.25) is 0 Å². The summed E-state index contributed by atoms with van der Waals surface area (Å²) in [5.74, 6) is 2.73. The van der Waals surface area contributed by atoms with Crippen LogP contribution in [0.1, 0.15) is 11.1 Å². The zero-order chi connectivity index (χ0) is 12.8. The first-order valence-corrected chi connectivity index (χ1v) is 4.66. The van der Waals surface area contributed by atoms with E-state index in [1.165, 1.54) is 25.3 Å². The minimum atomic E-state index is -0.984. The molecule has 1 aromatic carbocycles. The largest absolute Gasteiger partial charge is 0.507 e. The molecule has 5 heteroatoms. The molecule has 0 spiro atoms. The molecule has 0 aliphatic carbocycles. The second-order valence-corrected chi connectivity index (χ2v) is 3.16. The summed E-state index contributed by atoms with van der Waals surface area (Å²) >= 11 is 0. The van der Waals surface area contributed by atoms with E-state index in [2.05, 4.69) is 16.6 Å². The van der Waals surface area contributed by atoms with Crippen molar-refractivity contribution in [3.8, 4) is 17.6 Å². The molecule has 17 heavy (non-hydrogen) atoms. The molecule has 0 aromatic heterocycles. The van der Waals surface area contributed by atoms with Gasteiger partial charge in [-0.1, -0.05) is 12.0 Å². The highest BCUT2D eigenvalue weighted by Crippen LogP contribution is 2.17. The third-order valence-electron chi connectivity index (χ3n) is 1.90. The Morgan fingerprint density at radius 1 is 1.41 bits per heavy atom. The summed E-state index contributed by atoms with van der Waals surface area (Å²) in [4.78, 5) is 21.3. The number of methoxy groups -OCH3 is 1. The summed E-state index contributed by atoms with van der Waals surface area (Å²) in [6, 6.07) is 4.23. The van der Waals surface area contributed by atoms with E-state index in [1.807, 2.05) is 0 Å². The molecule has 0 heterocycles. The summed E-state index contributed by atoms with van der Waals surface area (Å²) in [5.41, 5.74) is 0.679. The minimum absolute atomic E-state index is 0.115. The van der Waals surface area contributed by atoms with E-state index >= 15 is 0 Å². The van der Waals surface area contributed by atoms with Crippen LogP contribution in [0.4, 0.5) is 0 Å². The maximum absolute atomic E-state index is 10.8. The Morgan fingerprint density at radius 2 is 2.12 bits per heavy atom. The first kappa shape index (κ1) is 12.6. The molecule has 0 bridgehead atoms. The van der Waals surface area contributed by atoms with E-state index < -0.39 is 11.9 Å². The summed E-state index contributed by atoms with van der Waals surface area (Å²) in [5, 5.41) is 18.1. The Kier molecular flexibility index (Phi) is 4.12. The summed E-state index contributed by atoms with van der Waals surface area (Å²) < 4.78 is 4.32. The number of carbonyl (C=O) groups is 2. The van der Waals surface area contributed by atoms with Crippen LogP contribution in [0.5, 0.6) is 5.75 Å². The number of esters is 1. The minimum Gasteiger partial charge on any atom is -0.507 e. The van der Waals surface area contributed by atoms with Gasteiger partial charge in [0.15, 0.2) is 0 Å². The predicted molar refractivity (Wildman–Crippen MR) is 58.3 cm³/mol. The van der Waals surface area contributed by atoms with Crippen molar-refractivity contribution < 1.29 is 24.5 Å². The fourth-order valence-corrected chi connectivity index (χ4v) is 1.14. The summed E-state index contributed by atoms with van der Waals surface area (Å²) in [6.07, 6.45) is -0.173. The molecule has 0 aliphatic rings. The number of rotatable bonds is 2. The number of hydrogen-bond acceptors (Lipinski definition) is 4. The topological polar surface area (TPSA) is 83.8 Å². The Morgan fingerprint density at radius 3 is 2.71 bits per heavy atom. The Bertz CT molecular complexity index is 507. The number of phenolic OH excluding ortho intramolecular Hbond substituents is 1. The molecule has 5 nitrogen and oxygen atoms in total. The average molecular weight is 234 g/mol. The van der Waals surface area contributed by atoms with Crippen LogP contribution in [0.15, 0.2) is 18.2 Å². The molecular weight excluding hydrogens is 224 g/mol. The van der Waals surface area contributed by atoms with Gasteiger partial charge in [0.05, 0.1) is 19.1 Å². The number of hydrogen-bond donors (Lipinski definition) is 2. The third kappa shape index (κ3) is 3.87. The molecule has 0 saturated carbocycles. The quantitative estimate of drug-likeness (QED) is 0.576. The molecule has 0 amide bonds. The van der Waals surface area contributed by atoms with E-state index in [-0.39, 0.29) is 17.7 Å². The standard InChI is InChI=1S/C12H10O5/c1-17-12(16)5-3-9-6-8(7-11(14)15)2-4-10(9)13/h2,4,6,13H,7H2,1H3,(H,14,15). The van der Waals surface area contributed by atoms with E-state index in [1.54, 1.807) is 0 Å². The number of carboxylic acids is 1. The lowest BCUT2D eigenvalue weighted by Gasteiger charge is -2.00. The SMILES string of the molecule is COC(=O)C#Cc1cc(CC(=O)O)ccc1O. The Balaban J connectivity index is 3.01. The van der Waals surface area contributed by atoms with Crippen molar-refractivity contribution in [1.82, 2.24) is 0 Å². The molecule has 1 aromatic rings. The van der Waals surface area contributed by atoms with Gasteiger partial charge in [0.1, 0.15) is 5.75 Å². The molecule has 0 radical (unpaired) electrons. The number of aromatic hydroxyl groups is 1. The van der Waals surface area contributed by atoms with Crippen LogP contribution in [-0.2, 0) is 20.7 Å². The van der Waals surface area contributed by atoms with Gasteiger partial charge in [0.25, 0.3) is 0 Å². The van der Waals surface area contributed by atoms with Crippen LogP contribution in [-0.4, -0.2) is 29.3 Å². The number of ether oxygens (including phenoxy) is 1. The number of benzene rings is 1. The highest BCUT2D eigenvalue weighted by molar-refractivity contribution is 5.89. The van der Waals surface area contributed by atoms with Gasteiger partial charge in [-0.3, -0.25) is 4.79 Å². The fraction of sp³-hybridized carbons (Fsp3) is 0.167. The third-order valence-corrected chi connectivity index (χ3v) is 1.90. The van der Waals surface area contributed by atoms with E-state index in [0.717, 1.165) is 0 Å². The molecule has 0 aliphatic heterocycles. The average Bonchev–Trinajstić information content (AvgIpc) is 2.28. The van der Waals surface area contributed by atoms with Crippen molar-refractivity contribution in [3.05, 3.63) is 29.3 Å². The van der Waals surface area contributed by atoms with Gasteiger partial charge in [0, 0.05) is 5.92 Å². The highest BCUT2D eigenvalue weighted by atomic mass is 16.5. The predicted octanol–water partition coefficient (Wildman–Crippen LogP) is 0.544. The van der Waals surface area contributed by atoms with Crippen molar-refractivity contribution >= 4 is 11.9 Å². The molecule has 0 unspecified atom stereocenters. The van der Waals surface area contributed by atoms with Gasteiger partial charge < -0.3 is 14.9 Å². The smallest absolute Gasteiger partial charge is 0.384 e. The maximum atomic E-state index is 10.8. The van der Waals surface area contributed by atoms with Crippen molar-refractivity contribution in [1.29, 1.82) is 0 Å². The number of phenols is 1. The lowest BCUT2D eigenvalue weighted by atomic mass is 10.1. The lowest BCUT2D eigenvalue weighted by molar-refractivity contribution is -0.136. The molecule has 2 N–H and O–H groups in total. The molecule has 0 fully saturated rings. The zero-order valence-corrected chi connectivity index (χ0v) is 9.06. The van der Waals surface area contributed by atoms with Crippen molar-refractivity contribution in [2.24, 2.45) is 0 Å². The van der Waals surface area contributed by atoms with Crippen LogP contribution < -0.4 is 0 Å². The monoisotopic (exact) mass is 234 g/mol.